The summed E-state index contributed by atoms with van der Waals surface area (Å²) in [4.78, 5) is 28.1. The molecule has 5 rings (SSSR count). The van der Waals surface area contributed by atoms with Gasteiger partial charge in [-0.1, -0.05) is 6.07 Å². The lowest BCUT2D eigenvalue weighted by Gasteiger charge is -2.35. The zero-order valence-electron chi connectivity index (χ0n) is 16.9. The second-order valence-electron chi connectivity index (χ2n) is 7.72. The summed E-state index contributed by atoms with van der Waals surface area (Å²) in [5.74, 6) is -0.612. The maximum Gasteiger partial charge on any atom is 0.262 e. The molecule has 0 unspecified atom stereocenters. The number of aryl methyl sites for hydroxylation is 1. The predicted molar refractivity (Wildman–Crippen MR) is 117 cm³/mol. The van der Waals surface area contributed by atoms with Crippen LogP contribution >= 0.6 is 0 Å². The number of hydrogen-bond acceptors (Lipinski definition) is 6. The Balaban J connectivity index is 1.54. The number of fused-ring (bicyclic) bond motifs is 2. The number of amides is 1. The Morgan fingerprint density at radius 2 is 1.81 bits per heavy atom. The molecule has 0 saturated heterocycles. The van der Waals surface area contributed by atoms with E-state index < -0.39 is 0 Å². The second-order valence-corrected chi connectivity index (χ2v) is 7.72. The Bertz CT molecular complexity index is 1320. The van der Waals surface area contributed by atoms with Crippen LogP contribution in [0.2, 0.25) is 0 Å². The van der Waals surface area contributed by atoms with E-state index in [2.05, 4.69) is 21.0 Å². The smallest absolute Gasteiger partial charge is 0.262 e. The Morgan fingerprint density at radius 1 is 1.00 bits per heavy atom. The van der Waals surface area contributed by atoms with E-state index in [-0.39, 0.29) is 29.0 Å². The lowest BCUT2D eigenvalue weighted by Crippen LogP contribution is -2.42. The number of phenols is 2. The van der Waals surface area contributed by atoms with Crippen LogP contribution in [0.3, 0.4) is 0 Å². The highest BCUT2D eigenvalue weighted by Gasteiger charge is 2.30. The van der Waals surface area contributed by atoms with E-state index in [1.54, 1.807) is 23.5 Å². The molecule has 0 radical (unpaired) electrons. The standard InChI is InChI=1S/C24H20N4O3/c1-14-2-3-16-10-15(19-12-20-21(13-27-19)26-9-8-25-20)4-7-22(16)28(14)24(31)18-6-5-17(29)11-23(18)30/h4-14,29-30H,2-3H2,1H3/t14-/m0/s1. The van der Waals surface area contributed by atoms with Crippen molar-refractivity contribution in [1.29, 1.82) is 0 Å². The number of aromatic nitrogens is 3. The first-order chi connectivity index (χ1) is 15.0. The molecule has 0 bridgehead atoms. The van der Waals surface area contributed by atoms with Crippen molar-refractivity contribution in [3.63, 3.8) is 0 Å². The highest BCUT2D eigenvalue weighted by atomic mass is 16.3. The quantitative estimate of drug-likeness (QED) is 0.515. The number of hydrogen-bond donors (Lipinski definition) is 2. The molecule has 2 aromatic heterocycles. The van der Waals surface area contributed by atoms with E-state index in [1.165, 1.54) is 18.2 Å². The van der Waals surface area contributed by atoms with E-state index in [0.29, 0.717) is 0 Å². The van der Waals surface area contributed by atoms with E-state index >= 15 is 0 Å². The van der Waals surface area contributed by atoms with E-state index in [4.69, 9.17) is 0 Å². The van der Waals surface area contributed by atoms with Crippen LogP contribution in [-0.4, -0.2) is 37.1 Å². The van der Waals surface area contributed by atoms with Crippen molar-refractivity contribution in [2.24, 2.45) is 0 Å². The summed E-state index contributed by atoms with van der Waals surface area (Å²) < 4.78 is 0. The Hall–Kier alpha value is -4.00. The summed E-state index contributed by atoms with van der Waals surface area (Å²) >= 11 is 0. The van der Waals surface area contributed by atoms with E-state index in [1.807, 2.05) is 25.1 Å². The number of aromatic hydroxyl groups is 2. The van der Waals surface area contributed by atoms with Gasteiger partial charge < -0.3 is 15.1 Å². The summed E-state index contributed by atoms with van der Waals surface area (Å²) in [6, 6.07) is 11.8. The summed E-state index contributed by atoms with van der Waals surface area (Å²) in [6.45, 7) is 2.00. The van der Waals surface area contributed by atoms with Crippen LogP contribution in [0, 0.1) is 0 Å². The SMILES string of the molecule is C[C@H]1CCc2cc(-c3cc4nccnc4cn3)ccc2N1C(=O)c1ccc(O)cc1O. The molecule has 2 aromatic carbocycles. The fourth-order valence-electron chi connectivity index (χ4n) is 4.08. The van der Waals surface area contributed by atoms with E-state index in [9.17, 15) is 15.0 Å². The molecule has 4 aromatic rings. The summed E-state index contributed by atoms with van der Waals surface area (Å²) in [5.41, 5.74) is 5.28. The average Bonchev–Trinajstić information content (AvgIpc) is 2.78. The van der Waals surface area contributed by atoms with Gasteiger partial charge in [-0.25, -0.2) is 0 Å². The Labute approximate surface area is 178 Å². The molecule has 154 valence electrons. The van der Waals surface area contributed by atoms with Crippen molar-refractivity contribution in [3.05, 3.63) is 72.2 Å². The van der Waals surface area contributed by atoms with Gasteiger partial charge in [0.2, 0.25) is 0 Å². The number of benzene rings is 2. The number of pyridine rings is 1. The molecular weight excluding hydrogens is 392 g/mol. The molecule has 0 aliphatic carbocycles. The van der Waals surface area contributed by atoms with Gasteiger partial charge in [-0.2, -0.15) is 0 Å². The largest absolute Gasteiger partial charge is 0.508 e. The number of phenolic OH excluding ortho intramolecular Hbond substituents is 2. The summed E-state index contributed by atoms with van der Waals surface area (Å²) in [7, 11) is 0. The van der Waals surface area contributed by atoms with Crippen LogP contribution in [0.5, 0.6) is 11.5 Å². The van der Waals surface area contributed by atoms with Crippen molar-refractivity contribution in [2.75, 3.05) is 4.90 Å². The number of rotatable bonds is 2. The zero-order chi connectivity index (χ0) is 21.5. The lowest BCUT2D eigenvalue weighted by atomic mass is 9.93. The zero-order valence-corrected chi connectivity index (χ0v) is 16.9. The first kappa shape index (κ1) is 19.0. The molecule has 3 heterocycles. The minimum absolute atomic E-state index is 0.0203. The number of nitrogens with zero attached hydrogens (tertiary/aromatic N) is 4. The Kier molecular flexibility index (Phi) is 4.51. The molecule has 7 nitrogen and oxygen atoms in total. The number of carbonyl (C=O) groups is 1. The minimum Gasteiger partial charge on any atom is -0.508 e. The average molecular weight is 412 g/mol. The van der Waals surface area contributed by atoms with Gasteiger partial charge >= 0.3 is 0 Å². The highest BCUT2D eigenvalue weighted by Crippen LogP contribution is 2.36. The molecule has 1 aliphatic heterocycles. The first-order valence-electron chi connectivity index (χ1n) is 10.1. The van der Waals surface area contributed by atoms with Crippen LogP contribution in [0.25, 0.3) is 22.3 Å². The van der Waals surface area contributed by atoms with Crippen LogP contribution < -0.4 is 4.90 Å². The van der Waals surface area contributed by atoms with Gasteiger partial charge in [0.05, 0.1) is 23.0 Å². The van der Waals surface area contributed by atoms with Crippen LogP contribution in [0.4, 0.5) is 5.69 Å². The van der Waals surface area contributed by atoms with Crippen molar-refractivity contribution in [1.82, 2.24) is 15.0 Å². The molecule has 2 N–H and O–H groups in total. The van der Waals surface area contributed by atoms with Gasteiger partial charge in [-0.05, 0) is 55.7 Å². The number of carbonyl (C=O) groups excluding carboxylic acids is 1. The molecule has 1 amide bonds. The van der Waals surface area contributed by atoms with Gasteiger partial charge in [0.25, 0.3) is 5.91 Å². The maximum absolute atomic E-state index is 13.3. The van der Waals surface area contributed by atoms with E-state index in [0.717, 1.165) is 46.4 Å². The van der Waals surface area contributed by atoms with Crippen molar-refractivity contribution in [3.8, 4) is 22.8 Å². The first-order valence-corrected chi connectivity index (χ1v) is 10.1. The fourth-order valence-corrected chi connectivity index (χ4v) is 4.08. The van der Waals surface area contributed by atoms with Crippen LogP contribution in [0.1, 0.15) is 29.3 Å². The predicted octanol–water partition coefficient (Wildman–Crippen LogP) is 4.08. The molecule has 0 spiro atoms. The topological polar surface area (TPSA) is 99.4 Å². The number of anilines is 1. The van der Waals surface area contributed by atoms with Crippen LogP contribution in [0.15, 0.2) is 61.1 Å². The third kappa shape index (κ3) is 3.34. The molecule has 1 atom stereocenters. The highest BCUT2D eigenvalue weighted by molar-refractivity contribution is 6.09. The van der Waals surface area contributed by atoms with Crippen LogP contribution in [-0.2, 0) is 6.42 Å². The summed E-state index contributed by atoms with van der Waals surface area (Å²) in [5, 5.41) is 19.7. The maximum atomic E-state index is 13.3. The molecular formula is C24H20N4O3. The van der Waals surface area contributed by atoms with Gasteiger partial charge in [0.15, 0.2) is 0 Å². The molecule has 1 aliphatic rings. The van der Waals surface area contributed by atoms with Crippen molar-refractivity contribution < 1.29 is 15.0 Å². The molecule has 0 fully saturated rings. The summed E-state index contributed by atoms with van der Waals surface area (Å²) in [6.07, 6.45) is 6.65. The Morgan fingerprint density at radius 3 is 2.61 bits per heavy atom. The normalized spacial score (nSPS) is 15.6. The van der Waals surface area contributed by atoms with Gasteiger partial charge in [-0.3, -0.25) is 19.7 Å². The second kappa shape index (κ2) is 7.36. The van der Waals surface area contributed by atoms with Gasteiger partial charge in [-0.15, -0.1) is 0 Å². The lowest BCUT2D eigenvalue weighted by molar-refractivity contribution is 0.0972. The minimum atomic E-state index is -0.294. The fraction of sp³-hybridized carbons (Fsp3) is 0.167. The molecule has 7 heteroatoms. The monoisotopic (exact) mass is 412 g/mol. The van der Waals surface area contributed by atoms with Gasteiger partial charge in [0.1, 0.15) is 17.0 Å². The third-order valence-corrected chi connectivity index (χ3v) is 5.69. The van der Waals surface area contributed by atoms with Gasteiger partial charge in [0, 0.05) is 35.8 Å². The van der Waals surface area contributed by atoms with Crippen molar-refractivity contribution >= 4 is 22.6 Å². The molecule has 31 heavy (non-hydrogen) atoms. The van der Waals surface area contributed by atoms with Crippen molar-refractivity contribution in [2.45, 2.75) is 25.8 Å². The molecule has 0 saturated carbocycles. The third-order valence-electron chi connectivity index (χ3n) is 5.69.